The first kappa shape index (κ1) is 21.3. The van der Waals surface area contributed by atoms with E-state index in [1.807, 2.05) is 0 Å². The molecule has 0 aliphatic heterocycles. The molecule has 0 aliphatic rings. The Balaban J connectivity index is 1.59. The highest BCUT2D eigenvalue weighted by molar-refractivity contribution is 9.10. The zero-order chi connectivity index (χ0) is 21.5. The number of aliphatic imine (C=N–C) groups is 1. The molecule has 0 spiro atoms. The molecule has 6 nitrogen and oxygen atoms in total. The lowest BCUT2D eigenvalue weighted by Gasteiger charge is -2.05. The van der Waals surface area contributed by atoms with E-state index in [9.17, 15) is 14.7 Å². The Morgan fingerprint density at radius 3 is 2.33 bits per heavy atom. The number of aromatic hydroxyl groups is 1. The molecule has 1 N–H and O–H groups in total. The van der Waals surface area contributed by atoms with Crippen LogP contribution in [0.25, 0.3) is 0 Å². The van der Waals surface area contributed by atoms with Gasteiger partial charge in [0.05, 0.1) is 12.8 Å². The van der Waals surface area contributed by atoms with Crippen molar-refractivity contribution in [3.05, 3.63) is 82.3 Å². The van der Waals surface area contributed by atoms with Gasteiger partial charge < -0.3 is 14.6 Å². The fourth-order valence-electron chi connectivity index (χ4n) is 2.54. The van der Waals surface area contributed by atoms with Crippen LogP contribution < -0.4 is 9.47 Å². The average molecular weight is 468 g/mol. The zero-order valence-electron chi connectivity index (χ0n) is 16.0. The summed E-state index contributed by atoms with van der Waals surface area (Å²) in [5, 5.41) is 9.89. The summed E-state index contributed by atoms with van der Waals surface area (Å²) in [7, 11) is 1.54. The second kappa shape index (κ2) is 9.84. The van der Waals surface area contributed by atoms with Gasteiger partial charge in [-0.3, -0.25) is 14.6 Å². The van der Waals surface area contributed by atoms with Gasteiger partial charge >= 0.3 is 5.97 Å². The molecule has 152 valence electrons. The molecule has 0 saturated carbocycles. The van der Waals surface area contributed by atoms with Crippen LogP contribution in [0.5, 0.6) is 17.2 Å². The van der Waals surface area contributed by atoms with Crippen molar-refractivity contribution in [1.29, 1.82) is 0 Å². The van der Waals surface area contributed by atoms with Crippen LogP contribution in [0.3, 0.4) is 0 Å². The zero-order valence-corrected chi connectivity index (χ0v) is 17.6. The lowest BCUT2D eigenvalue weighted by atomic mass is 10.1. The molecule has 0 radical (unpaired) electrons. The number of rotatable bonds is 7. The molecule has 0 amide bonds. The summed E-state index contributed by atoms with van der Waals surface area (Å²) in [6, 6.07) is 18.1. The SMILES string of the molecule is COc1ccc(O)c(C=Nc2ccc(OC(=O)CC(=O)c3ccc(Br)cc3)cc2)c1. The Bertz CT molecular complexity index is 1080. The Morgan fingerprint density at radius 1 is 1.00 bits per heavy atom. The number of methoxy groups -OCH3 is 1. The number of benzene rings is 3. The van der Waals surface area contributed by atoms with Gasteiger partial charge in [0, 0.05) is 21.8 Å². The highest BCUT2D eigenvalue weighted by Crippen LogP contribution is 2.23. The van der Waals surface area contributed by atoms with Crippen LogP contribution in [0.1, 0.15) is 22.3 Å². The van der Waals surface area contributed by atoms with Gasteiger partial charge in [-0.25, -0.2) is 0 Å². The van der Waals surface area contributed by atoms with Crippen LogP contribution in [0.4, 0.5) is 5.69 Å². The van der Waals surface area contributed by atoms with E-state index in [-0.39, 0.29) is 18.0 Å². The summed E-state index contributed by atoms with van der Waals surface area (Å²) in [6.45, 7) is 0. The van der Waals surface area contributed by atoms with Crippen molar-refractivity contribution in [3.63, 3.8) is 0 Å². The number of hydrogen-bond acceptors (Lipinski definition) is 6. The number of esters is 1. The normalized spacial score (nSPS) is 10.7. The summed E-state index contributed by atoms with van der Waals surface area (Å²) in [5.41, 5.74) is 1.56. The van der Waals surface area contributed by atoms with Crippen molar-refractivity contribution in [2.75, 3.05) is 7.11 Å². The molecule has 3 rings (SSSR count). The maximum absolute atomic E-state index is 12.1. The highest BCUT2D eigenvalue weighted by Gasteiger charge is 2.14. The van der Waals surface area contributed by atoms with Crippen LogP contribution >= 0.6 is 15.9 Å². The van der Waals surface area contributed by atoms with Crippen molar-refractivity contribution in [2.45, 2.75) is 6.42 Å². The van der Waals surface area contributed by atoms with Crippen molar-refractivity contribution < 1.29 is 24.2 Å². The summed E-state index contributed by atoms with van der Waals surface area (Å²) in [4.78, 5) is 28.5. The van der Waals surface area contributed by atoms with Gasteiger partial charge in [-0.15, -0.1) is 0 Å². The van der Waals surface area contributed by atoms with E-state index in [1.165, 1.54) is 12.3 Å². The molecule has 30 heavy (non-hydrogen) atoms. The number of ketones is 1. The van der Waals surface area contributed by atoms with E-state index < -0.39 is 5.97 Å². The molecule has 3 aromatic rings. The van der Waals surface area contributed by atoms with Gasteiger partial charge in [0.25, 0.3) is 0 Å². The lowest BCUT2D eigenvalue weighted by molar-refractivity contribution is -0.133. The van der Waals surface area contributed by atoms with E-state index in [0.29, 0.717) is 28.3 Å². The maximum Gasteiger partial charge on any atom is 0.319 e. The quantitative estimate of drug-likeness (QED) is 0.172. The standard InChI is InChI=1S/C23H18BrNO5/c1-29-20-10-11-21(26)16(12-20)14-25-18-6-8-19(9-7-18)30-23(28)13-22(27)15-2-4-17(24)5-3-15/h2-12,14,26H,13H2,1H3. The van der Waals surface area contributed by atoms with E-state index in [4.69, 9.17) is 9.47 Å². The fourth-order valence-corrected chi connectivity index (χ4v) is 2.81. The van der Waals surface area contributed by atoms with Gasteiger partial charge in [0.15, 0.2) is 5.78 Å². The van der Waals surface area contributed by atoms with Gasteiger partial charge in [-0.05, 0) is 54.6 Å². The number of ether oxygens (including phenoxy) is 2. The fraction of sp³-hybridized carbons (Fsp3) is 0.0870. The summed E-state index contributed by atoms with van der Waals surface area (Å²) < 4.78 is 11.2. The minimum Gasteiger partial charge on any atom is -0.507 e. The Labute approximate surface area is 181 Å². The molecule has 0 unspecified atom stereocenters. The van der Waals surface area contributed by atoms with Crippen LogP contribution in [0.2, 0.25) is 0 Å². The Hall–Kier alpha value is -3.45. The minimum atomic E-state index is -0.638. The second-order valence-electron chi connectivity index (χ2n) is 6.26. The predicted molar refractivity (Wildman–Crippen MR) is 117 cm³/mol. The van der Waals surface area contributed by atoms with Crippen molar-refractivity contribution in [1.82, 2.24) is 0 Å². The van der Waals surface area contributed by atoms with Gasteiger partial charge in [0.2, 0.25) is 0 Å². The molecular weight excluding hydrogens is 450 g/mol. The van der Waals surface area contributed by atoms with Gasteiger partial charge in [-0.2, -0.15) is 0 Å². The number of phenolic OH excluding ortho intramolecular Hbond substituents is 1. The first-order chi connectivity index (χ1) is 14.4. The van der Waals surface area contributed by atoms with Crippen LogP contribution in [-0.4, -0.2) is 30.2 Å². The number of hydrogen-bond donors (Lipinski definition) is 1. The number of carbonyl (C=O) groups is 2. The van der Waals surface area contributed by atoms with E-state index in [2.05, 4.69) is 20.9 Å². The molecule has 0 fully saturated rings. The summed E-state index contributed by atoms with van der Waals surface area (Å²) in [5.74, 6) is 0.0498. The Morgan fingerprint density at radius 2 is 1.67 bits per heavy atom. The second-order valence-corrected chi connectivity index (χ2v) is 7.17. The monoisotopic (exact) mass is 467 g/mol. The first-order valence-corrected chi connectivity index (χ1v) is 9.74. The third-order valence-corrected chi connectivity index (χ3v) is 4.66. The summed E-state index contributed by atoms with van der Waals surface area (Å²) in [6.07, 6.45) is 1.16. The number of halogens is 1. The number of nitrogens with zero attached hydrogens (tertiary/aromatic N) is 1. The molecule has 0 bridgehead atoms. The third kappa shape index (κ3) is 5.78. The van der Waals surface area contributed by atoms with Crippen molar-refractivity contribution in [2.24, 2.45) is 4.99 Å². The molecule has 0 saturated heterocycles. The topological polar surface area (TPSA) is 85.2 Å². The van der Waals surface area contributed by atoms with Gasteiger partial charge in [0.1, 0.15) is 23.7 Å². The largest absolute Gasteiger partial charge is 0.507 e. The number of carbonyl (C=O) groups excluding carboxylic acids is 2. The molecule has 0 heterocycles. The molecule has 3 aromatic carbocycles. The van der Waals surface area contributed by atoms with E-state index in [0.717, 1.165) is 4.47 Å². The maximum atomic E-state index is 12.1. The molecule has 0 aliphatic carbocycles. The Kier molecular flexibility index (Phi) is 6.98. The molecule has 0 atom stereocenters. The van der Waals surface area contributed by atoms with Gasteiger partial charge in [-0.1, -0.05) is 28.1 Å². The van der Waals surface area contributed by atoms with Crippen molar-refractivity contribution >= 4 is 39.6 Å². The van der Waals surface area contributed by atoms with Crippen LogP contribution in [-0.2, 0) is 4.79 Å². The third-order valence-electron chi connectivity index (χ3n) is 4.13. The lowest BCUT2D eigenvalue weighted by Crippen LogP contribution is -2.14. The smallest absolute Gasteiger partial charge is 0.319 e. The summed E-state index contributed by atoms with van der Waals surface area (Å²) >= 11 is 3.30. The van der Waals surface area contributed by atoms with E-state index in [1.54, 1.807) is 67.8 Å². The van der Waals surface area contributed by atoms with E-state index >= 15 is 0 Å². The number of phenols is 1. The van der Waals surface area contributed by atoms with Crippen molar-refractivity contribution in [3.8, 4) is 17.2 Å². The first-order valence-electron chi connectivity index (χ1n) is 8.95. The van der Waals surface area contributed by atoms with Crippen LogP contribution in [0, 0.1) is 0 Å². The molecule has 7 heteroatoms. The molecular formula is C23H18BrNO5. The average Bonchev–Trinajstić information content (AvgIpc) is 2.74. The number of Topliss-reactive ketones (excluding diaryl/α,β-unsaturated/α-hetero) is 1. The molecule has 0 aromatic heterocycles. The highest BCUT2D eigenvalue weighted by atomic mass is 79.9. The predicted octanol–water partition coefficient (Wildman–Crippen LogP) is 5.09. The van der Waals surface area contributed by atoms with Crippen LogP contribution in [0.15, 0.2) is 76.2 Å². The minimum absolute atomic E-state index is 0.0838.